The highest BCUT2D eigenvalue weighted by Crippen LogP contribution is 2.36. The average Bonchev–Trinajstić information content (AvgIpc) is 2.86. The van der Waals surface area contributed by atoms with Gasteiger partial charge in [-0.25, -0.2) is 0 Å². The molecule has 0 aliphatic carbocycles. The summed E-state index contributed by atoms with van der Waals surface area (Å²) < 4.78 is 43.4. The van der Waals surface area contributed by atoms with Crippen LogP contribution in [0.15, 0.2) is 34.7 Å². The summed E-state index contributed by atoms with van der Waals surface area (Å²) in [6.07, 6.45) is -3.39. The van der Waals surface area contributed by atoms with Crippen LogP contribution in [0, 0.1) is 0 Å². The number of nitrogens with one attached hydrogen (secondary N) is 1. The normalized spacial score (nSPS) is 11.9. The van der Waals surface area contributed by atoms with Crippen molar-refractivity contribution in [1.82, 2.24) is 5.32 Å². The molecule has 0 spiro atoms. The molecule has 0 atom stereocenters. The van der Waals surface area contributed by atoms with Crippen LogP contribution in [0.1, 0.15) is 24.7 Å². The fraction of sp³-hybridized carbons (Fsp3) is 0.333. The summed E-state index contributed by atoms with van der Waals surface area (Å²) in [5.74, 6) is 1.18. The van der Waals surface area contributed by atoms with E-state index in [0.29, 0.717) is 17.9 Å². The summed E-state index contributed by atoms with van der Waals surface area (Å²) >= 11 is 5.93. The van der Waals surface area contributed by atoms with Gasteiger partial charge in [0.1, 0.15) is 11.5 Å². The number of hydrogen-bond donors (Lipinski definition) is 1. The van der Waals surface area contributed by atoms with Crippen molar-refractivity contribution in [3.63, 3.8) is 0 Å². The number of halogens is 4. The lowest BCUT2D eigenvalue weighted by molar-refractivity contribution is -0.137. The van der Waals surface area contributed by atoms with E-state index >= 15 is 0 Å². The van der Waals surface area contributed by atoms with Crippen molar-refractivity contribution >= 4 is 11.6 Å². The zero-order chi connectivity index (χ0) is 15.5. The molecule has 114 valence electrons. The summed E-state index contributed by atoms with van der Waals surface area (Å²) in [4.78, 5) is 0. The molecule has 1 N–H and O–H groups in total. The highest BCUT2D eigenvalue weighted by Gasteiger charge is 2.31. The summed E-state index contributed by atoms with van der Waals surface area (Å²) in [6, 6.07) is 6.73. The van der Waals surface area contributed by atoms with Crippen molar-refractivity contribution in [1.29, 1.82) is 0 Å². The lowest BCUT2D eigenvalue weighted by atomic mass is 10.1. The number of hydrogen-bond acceptors (Lipinski definition) is 2. The first-order valence-corrected chi connectivity index (χ1v) is 6.96. The third-order valence-electron chi connectivity index (χ3n) is 2.95. The molecule has 1 aromatic heterocycles. The smallest absolute Gasteiger partial charge is 0.416 e. The molecule has 2 nitrogen and oxygen atoms in total. The van der Waals surface area contributed by atoms with Gasteiger partial charge in [0, 0.05) is 5.56 Å². The van der Waals surface area contributed by atoms with Crippen molar-refractivity contribution in [2.24, 2.45) is 0 Å². The van der Waals surface area contributed by atoms with E-state index in [2.05, 4.69) is 12.2 Å². The average molecular weight is 318 g/mol. The first kappa shape index (κ1) is 15.9. The SMILES string of the molecule is CCCNCc1ccc(-c2ccc(C(F)(F)F)cc2Cl)o1. The van der Waals surface area contributed by atoms with E-state index in [1.165, 1.54) is 6.07 Å². The van der Waals surface area contributed by atoms with Gasteiger partial charge >= 0.3 is 6.18 Å². The number of alkyl halides is 3. The number of benzene rings is 1. The van der Waals surface area contributed by atoms with Gasteiger partial charge in [-0.1, -0.05) is 18.5 Å². The van der Waals surface area contributed by atoms with Crippen LogP contribution in [0.25, 0.3) is 11.3 Å². The molecule has 2 aromatic rings. The summed E-state index contributed by atoms with van der Waals surface area (Å²) in [7, 11) is 0. The molecule has 21 heavy (non-hydrogen) atoms. The Labute approximate surface area is 125 Å². The molecule has 0 unspecified atom stereocenters. The van der Waals surface area contributed by atoms with Gasteiger partial charge in [0.15, 0.2) is 0 Å². The van der Waals surface area contributed by atoms with Crippen LogP contribution in [0.3, 0.4) is 0 Å². The highest BCUT2D eigenvalue weighted by molar-refractivity contribution is 6.33. The van der Waals surface area contributed by atoms with Crippen LogP contribution < -0.4 is 5.32 Å². The monoisotopic (exact) mass is 317 g/mol. The Balaban J connectivity index is 2.19. The molecular weight excluding hydrogens is 303 g/mol. The van der Waals surface area contributed by atoms with Crippen molar-refractivity contribution in [3.05, 3.63) is 46.7 Å². The van der Waals surface area contributed by atoms with Crippen LogP contribution in [0.4, 0.5) is 13.2 Å². The van der Waals surface area contributed by atoms with Gasteiger partial charge in [0.05, 0.1) is 17.1 Å². The van der Waals surface area contributed by atoms with Gasteiger partial charge < -0.3 is 9.73 Å². The molecule has 0 amide bonds. The fourth-order valence-electron chi connectivity index (χ4n) is 1.90. The molecule has 0 aliphatic heterocycles. The molecule has 0 saturated carbocycles. The Morgan fingerprint density at radius 1 is 1.19 bits per heavy atom. The van der Waals surface area contributed by atoms with Crippen LogP contribution >= 0.6 is 11.6 Å². The zero-order valence-corrected chi connectivity index (χ0v) is 12.2. The Kier molecular flexibility index (Phi) is 4.96. The first-order valence-electron chi connectivity index (χ1n) is 6.58. The second-order valence-electron chi connectivity index (χ2n) is 4.64. The van der Waals surface area contributed by atoms with E-state index in [9.17, 15) is 13.2 Å². The maximum Gasteiger partial charge on any atom is 0.416 e. The second kappa shape index (κ2) is 6.54. The van der Waals surface area contributed by atoms with Crippen molar-refractivity contribution < 1.29 is 17.6 Å². The predicted molar refractivity (Wildman–Crippen MR) is 76.2 cm³/mol. The van der Waals surface area contributed by atoms with E-state index in [0.717, 1.165) is 30.9 Å². The second-order valence-corrected chi connectivity index (χ2v) is 5.04. The van der Waals surface area contributed by atoms with Crippen LogP contribution in [0.2, 0.25) is 5.02 Å². The van der Waals surface area contributed by atoms with E-state index in [1.807, 2.05) is 0 Å². The van der Waals surface area contributed by atoms with Gasteiger partial charge in [-0.15, -0.1) is 0 Å². The van der Waals surface area contributed by atoms with Gasteiger partial charge in [0.2, 0.25) is 0 Å². The summed E-state index contributed by atoms with van der Waals surface area (Å²) in [6.45, 7) is 3.51. The molecule has 1 heterocycles. The van der Waals surface area contributed by atoms with E-state index < -0.39 is 11.7 Å². The summed E-state index contributed by atoms with van der Waals surface area (Å²) in [5, 5.41) is 3.20. The molecule has 1 aromatic carbocycles. The maximum atomic E-state index is 12.6. The molecule has 6 heteroatoms. The minimum Gasteiger partial charge on any atom is -0.460 e. The Morgan fingerprint density at radius 3 is 2.57 bits per heavy atom. The minimum absolute atomic E-state index is 0.0206. The third-order valence-corrected chi connectivity index (χ3v) is 3.26. The van der Waals surface area contributed by atoms with Gasteiger partial charge in [-0.2, -0.15) is 13.2 Å². The molecule has 2 rings (SSSR count). The molecule has 0 radical (unpaired) electrons. The number of rotatable bonds is 5. The van der Waals surface area contributed by atoms with Crippen LogP contribution in [0.5, 0.6) is 0 Å². The topological polar surface area (TPSA) is 25.2 Å². The fourth-order valence-corrected chi connectivity index (χ4v) is 2.17. The predicted octanol–water partition coefficient (Wildman–Crippen LogP) is 5.12. The van der Waals surface area contributed by atoms with E-state index in [-0.39, 0.29) is 5.02 Å². The largest absolute Gasteiger partial charge is 0.460 e. The zero-order valence-electron chi connectivity index (χ0n) is 11.4. The van der Waals surface area contributed by atoms with E-state index in [4.69, 9.17) is 16.0 Å². The lowest BCUT2D eigenvalue weighted by Crippen LogP contribution is -2.12. The van der Waals surface area contributed by atoms with E-state index in [1.54, 1.807) is 12.1 Å². The molecule has 0 aliphatic rings. The maximum absolute atomic E-state index is 12.6. The van der Waals surface area contributed by atoms with Crippen molar-refractivity contribution in [3.8, 4) is 11.3 Å². The first-order chi connectivity index (χ1) is 9.91. The van der Waals surface area contributed by atoms with Crippen LogP contribution in [-0.4, -0.2) is 6.54 Å². The van der Waals surface area contributed by atoms with Gasteiger partial charge in [-0.3, -0.25) is 0 Å². The van der Waals surface area contributed by atoms with Crippen molar-refractivity contribution in [2.45, 2.75) is 26.1 Å². The Hall–Kier alpha value is -1.46. The molecule has 0 saturated heterocycles. The van der Waals surface area contributed by atoms with Gasteiger partial charge in [0.25, 0.3) is 0 Å². The Bertz CT molecular complexity index is 607. The standard InChI is InChI=1S/C15H15ClF3NO/c1-2-7-20-9-11-4-6-14(21-11)12-5-3-10(8-13(12)16)15(17,18)19/h3-6,8,20H,2,7,9H2,1H3. The highest BCUT2D eigenvalue weighted by atomic mass is 35.5. The van der Waals surface area contributed by atoms with Crippen molar-refractivity contribution in [2.75, 3.05) is 6.54 Å². The van der Waals surface area contributed by atoms with Gasteiger partial charge in [-0.05, 0) is 43.3 Å². The quantitative estimate of drug-likeness (QED) is 0.774. The summed E-state index contributed by atoms with van der Waals surface area (Å²) in [5.41, 5.74) is -0.320. The number of furan rings is 1. The molecule has 0 bridgehead atoms. The molecular formula is C15H15ClF3NO. The van der Waals surface area contributed by atoms with Crippen LogP contribution in [-0.2, 0) is 12.7 Å². The third kappa shape index (κ3) is 4.02. The lowest BCUT2D eigenvalue weighted by Gasteiger charge is -2.08. The Morgan fingerprint density at radius 2 is 1.95 bits per heavy atom. The molecule has 0 fully saturated rings. The minimum atomic E-state index is -4.40.